The van der Waals surface area contributed by atoms with Gasteiger partial charge in [-0.1, -0.05) is 17.9 Å². The molecule has 0 unspecified atom stereocenters. The number of unbranched alkanes of at least 4 members (excludes halogenated alkanes) is 2. The van der Waals surface area contributed by atoms with Crippen molar-refractivity contribution in [2.75, 3.05) is 6.61 Å². The number of alkyl halides is 3. The van der Waals surface area contributed by atoms with Gasteiger partial charge >= 0.3 is 12.1 Å². The Morgan fingerprint density at radius 2 is 1.95 bits per heavy atom. The first-order chi connectivity index (χ1) is 10.4. The summed E-state index contributed by atoms with van der Waals surface area (Å²) in [5.74, 6) is 5.34. The highest BCUT2D eigenvalue weighted by molar-refractivity contribution is 5.81. The van der Waals surface area contributed by atoms with Crippen LogP contribution in [0.1, 0.15) is 37.3 Å². The Morgan fingerprint density at radius 3 is 2.55 bits per heavy atom. The number of esters is 1. The number of halogens is 3. The lowest BCUT2D eigenvalue weighted by molar-refractivity contribution is -0.138. The molecule has 0 N–H and O–H groups in total. The third kappa shape index (κ3) is 6.98. The van der Waals surface area contributed by atoms with Crippen molar-refractivity contribution in [1.82, 2.24) is 0 Å². The Morgan fingerprint density at radius 1 is 1.27 bits per heavy atom. The lowest BCUT2D eigenvalue weighted by atomic mass is 10.1. The Labute approximate surface area is 128 Å². The zero-order chi connectivity index (χ0) is 16.4. The van der Waals surface area contributed by atoms with Gasteiger partial charge in [0.05, 0.1) is 12.2 Å². The predicted octanol–water partition coefficient (Wildman–Crippen LogP) is 4.35. The summed E-state index contributed by atoms with van der Waals surface area (Å²) in [6.07, 6.45) is 0.847. The van der Waals surface area contributed by atoms with E-state index in [1.54, 1.807) is 13.0 Å². The number of hydrogen-bond acceptors (Lipinski definition) is 2. The van der Waals surface area contributed by atoms with E-state index in [0.717, 1.165) is 18.6 Å². The van der Waals surface area contributed by atoms with Gasteiger partial charge in [0.25, 0.3) is 0 Å². The van der Waals surface area contributed by atoms with Crippen LogP contribution in [0.5, 0.6) is 0 Å². The molecule has 0 aliphatic rings. The molecule has 1 rings (SSSR count). The van der Waals surface area contributed by atoms with Crippen molar-refractivity contribution in [1.29, 1.82) is 0 Å². The van der Waals surface area contributed by atoms with Crippen molar-refractivity contribution in [3.05, 3.63) is 47.5 Å². The topological polar surface area (TPSA) is 26.3 Å². The zero-order valence-electron chi connectivity index (χ0n) is 12.2. The summed E-state index contributed by atoms with van der Waals surface area (Å²) in [7, 11) is 0. The molecule has 0 atom stereocenters. The number of hydrogen-bond donors (Lipinski definition) is 0. The lowest BCUT2D eigenvalue weighted by Gasteiger charge is -2.05. The molecule has 2 nitrogen and oxygen atoms in total. The van der Waals surface area contributed by atoms with Crippen LogP contribution >= 0.6 is 0 Å². The Kier molecular flexibility index (Phi) is 7.24. The summed E-state index contributed by atoms with van der Waals surface area (Å²) in [6.45, 7) is 2.09. The van der Waals surface area contributed by atoms with Crippen LogP contribution in [0.4, 0.5) is 13.2 Å². The summed E-state index contributed by atoms with van der Waals surface area (Å²) in [6, 6.07) is 4.76. The molecule has 0 aliphatic carbocycles. The normalized spacial score (nSPS) is 11.1. The molecule has 0 fully saturated rings. The summed E-state index contributed by atoms with van der Waals surface area (Å²) in [4.78, 5) is 11.0. The van der Waals surface area contributed by atoms with E-state index >= 15 is 0 Å². The molecule has 0 aromatic heterocycles. The van der Waals surface area contributed by atoms with Gasteiger partial charge in [0.1, 0.15) is 0 Å². The Balaban J connectivity index is 2.34. The Bertz CT molecular complexity index is 560. The maximum absolute atomic E-state index is 12.4. The van der Waals surface area contributed by atoms with E-state index in [0.29, 0.717) is 25.0 Å². The Hall–Kier alpha value is -2.22. The van der Waals surface area contributed by atoms with Crippen LogP contribution in [-0.2, 0) is 15.7 Å². The smallest absolute Gasteiger partial charge is 0.416 e. The molecule has 5 heteroatoms. The molecule has 22 heavy (non-hydrogen) atoms. The number of allylic oxidation sites excluding steroid dienone is 1. The van der Waals surface area contributed by atoms with E-state index in [-0.39, 0.29) is 5.97 Å². The fourth-order valence-electron chi connectivity index (χ4n) is 1.59. The molecule has 0 aliphatic heterocycles. The zero-order valence-corrected chi connectivity index (χ0v) is 12.2. The SMILES string of the molecule is CCOC(=O)/C=C/CCCC#Cc1ccc(C(F)(F)F)cc1. The molecular weight excluding hydrogens is 293 g/mol. The molecule has 0 radical (unpaired) electrons. The van der Waals surface area contributed by atoms with Gasteiger partial charge in [0.15, 0.2) is 0 Å². The van der Waals surface area contributed by atoms with Crippen molar-refractivity contribution in [2.45, 2.75) is 32.4 Å². The molecule has 0 saturated heterocycles. The fourth-order valence-corrected chi connectivity index (χ4v) is 1.59. The number of rotatable bonds is 5. The van der Waals surface area contributed by atoms with Gasteiger partial charge in [-0.15, -0.1) is 0 Å². The highest BCUT2D eigenvalue weighted by atomic mass is 19.4. The van der Waals surface area contributed by atoms with Gasteiger partial charge in [-0.05, 0) is 44.0 Å². The van der Waals surface area contributed by atoms with Gasteiger partial charge in [-0.2, -0.15) is 13.2 Å². The summed E-state index contributed by atoms with van der Waals surface area (Å²) >= 11 is 0. The number of carbonyl (C=O) groups is 1. The fraction of sp³-hybridized carbons (Fsp3) is 0.353. The van der Waals surface area contributed by atoms with Gasteiger partial charge in [-0.3, -0.25) is 0 Å². The van der Waals surface area contributed by atoms with Gasteiger partial charge in [0, 0.05) is 18.1 Å². The first-order valence-electron chi connectivity index (χ1n) is 6.93. The van der Waals surface area contributed by atoms with Gasteiger partial charge < -0.3 is 4.74 Å². The number of carbonyl (C=O) groups excluding carboxylic acids is 1. The maximum atomic E-state index is 12.4. The molecule has 0 spiro atoms. The molecular formula is C17H17F3O2. The number of ether oxygens (including phenoxy) is 1. The quantitative estimate of drug-likeness (QED) is 0.350. The second kappa shape index (κ2) is 8.93. The van der Waals surface area contributed by atoms with Crippen LogP contribution in [-0.4, -0.2) is 12.6 Å². The van der Waals surface area contributed by atoms with Crippen molar-refractivity contribution in [3.8, 4) is 11.8 Å². The molecule has 0 amide bonds. The van der Waals surface area contributed by atoms with Crippen LogP contribution in [0.3, 0.4) is 0 Å². The average molecular weight is 310 g/mol. The van der Waals surface area contributed by atoms with Crippen LogP contribution < -0.4 is 0 Å². The van der Waals surface area contributed by atoms with Crippen molar-refractivity contribution >= 4 is 5.97 Å². The monoisotopic (exact) mass is 310 g/mol. The predicted molar refractivity (Wildman–Crippen MR) is 77.9 cm³/mol. The summed E-state index contributed by atoms with van der Waals surface area (Å²) < 4.78 is 41.9. The van der Waals surface area contributed by atoms with E-state index in [2.05, 4.69) is 11.8 Å². The standard InChI is InChI=1S/C17H17F3O2/c1-2-22-16(21)9-7-5-3-4-6-8-14-10-12-15(13-11-14)17(18,19)20/h7,9-13H,2-5H2,1H3/b9-7+. The molecule has 0 heterocycles. The van der Waals surface area contributed by atoms with Crippen molar-refractivity contribution < 1.29 is 22.7 Å². The van der Waals surface area contributed by atoms with Crippen molar-refractivity contribution in [2.24, 2.45) is 0 Å². The van der Waals surface area contributed by atoms with E-state index in [4.69, 9.17) is 4.74 Å². The van der Waals surface area contributed by atoms with Gasteiger partial charge in [0.2, 0.25) is 0 Å². The molecule has 1 aromatic rings. The summed E-state index contributed by atoms with van der Waals surface area (Å²) in [5.41, 5.74) is -0.128. The second-order valence-corrected chi connectivity index (χ2v) is 4.42. The highest BCUT2D eigenvalue weighted by Crippen LogP contribution is 2.28. The minimum absolute atomic E-state index is 0.349. The molecule has 1 aromatic carbocycles. The molecule has 0 saturated carbocycles. The maximum Gasteiger partial charge on any atom is 0.416 e. The number of benzene rings is 1. The third-order valence-electron chi connectivity index (χ3n) is 2.66. The highest BCUT2D eigenvalue weighted by Gasteiger charge is 2.29. The van der Waals surface area contributed by atoms with Crippen LogP contribution in [0.25, 0.3) is 0 Å². The minimum atomic E-state index is -4.32. The van der Waals surface area contributed by atoms with Gasteiger partial charge in [-0.25, -0.2) is 4.79 Å². The first kappa shape index (κ1) is 17.8. The summed E-state index contributed by atoms with van der Waals surface area (Å²) in [5, 5.41) is 0. The lowest BCUT2D eigenvalue weighted by Crippen LogP contribution is -2.04. The van der Waals surface area contributed by atoms with E-state index in [9.17, 15) is 18.0 Å². The average Bonchev–Trinajstić information content (AvgIpc) is 2.46. The van der Waals surface area contributed by atoms with E-state index < -0.39 is 11.7 Å². The largest absolute Gasteiger partial charge is 0.463 e. The van der Waals surface area contributed by atoms with Crippen LogP contribution in [0.15, 0.2) is 36.4 Å². The first-order valence-corrected chi connectivity index (χ1v) is 6.93. The van der Waals surface area contributed by atoms with Crippen LogP contribution in [0.2, 0.25) is 0 Å². The second-order valence-electron chi connectivity index (χ2n) is 4.42. The van der Waals surface area contributed by atoms with Crippen LogP contribution in [0, 0.1) is 11.8 Å². The van der Waals surface area contributed by atoms with E-state index in [1.165, 1.54) is 18.2 Å². The van der Waals surface area contributed by atoms with Crippen molar-refractivity contribution in [3.63, 3.8) is 0 Å². The molecule has 118 valence electrons. The third-order valence-corrected chi connectivity index (χ3v) is 2.66. The van der Waals surface area contributed by atoms with E-state index in [1.807, 2.05) is 0 Å². The molecule has 0 bridgehead atoms. The minimum Gasteiger partial charge on any atom is -0.463 e.